The van der Waals surface area contributed by atoms with Crippen molar-refractivity contribution in [2.24, 2.45) is 5.92 Å². The number of carbonyl (C=O) groups excluding carboxylic acids is 1. The fourth-order valence-corrected chi connectivity index (χ4v) is 3.09. The molecule has 1 amide bonds. The summed E-state index contributed by atoms with van der Waals surface area (Å²) in [7, 11) is 0. The smallest absolute Gasteiger partial charge is 0.227 e. The van der Waals surface area contributed by atoms with Crippen LogP contribution >= 0.6 is 0 Å². The summed E-state index contributed by atoms with van der Waals surface area (Å²) in [6, 6.07) is 5.76. The highest BCUT2D eigenvalue weighted by atomic mass is 19.1. The fraction of sp³-hybridized carbons (Fsp3) is 0.273. The molecule has 1 aliphatic carbocycles. The maximum absolute atomic E-state index is 15.5. The van der Waals surface area contributed by atoms with Crippen LogP contribution in [-0.4, -0.2) is 20.9 Å². The van der Waals surface area contributed by atoms with E-state index in [4.69, 9.17) is 4.74 Å². The van der Waals surface area contributed by atoms with Crippen LogP contribution in [-0.2, 0) is 11.4 Å². The maximum atomic E-state index is 15.5. The van der Waals surface area contributed by atoms with Crippen molar-refractivity contribution in [2.45, 2.75) is 33.3 Å². The van der Waals surface area contributed by atoms with Crippen LogP contribution in [0.5, 0.6) is 5.75 Å². The Bertz CT molecular complexity index is 1100. The van der Waals surface area contributed by atoms with Gasteiger partial charge in [0.1, 0.15) is 18.2 Å². The van der Waals surface area contributed by atoms with Crippen molar-refractivity contribution >= 4 is 11.6 Å². The minimum Gasteiger partial charge on any atom is -0.485 e. The molecule has 0 radical (unpaired) electrons. The quantitative estimate of drug-likeness (QED) is 0.611. The van der Waals surface area contributed by atoms with Crippen LogP contribution in [0.3, 0.4) is 0 Å². The Morgan fingerprint density at radius 3 is 2.60 bits per heavy atom. The lowest BCUT2D eigenvalue weighted by Crippen LogP contribution is -2.15. The molecular weight excluding hydrogens is 390 g/mol. The lowest BCUT2D eigenvalue weighted by molar-refractivity contribution is -0.117. The van der Waals surface area contributed by atoms with Crippen LogP contribution in [0.2, 0.25) is 0 Å². The topological polar surface area (TPSA) is 77.0 Å². The van der Waals surface area contributed by atoms with E-state index in [1.165, 1.54) is 12.3 Å². The highest BCUT2D eigenvalue weighted by Gasteiger charge is 2.30. The molecule has 4 rings (SSSR count). The van der Waals surface area contributed by atoms with Crippen LogP contribution in [0.25, 0.3) is 11.1 Å². The van der Waals surface area contributed by atoms with Crippen molar-refractivity contribution in [3.8, 4) is 16.9 Å². The van der Waals surface area contributed by atoms with Crippen molar-refractivity contribution in [1.29, 1.82) is 0 Å². The third kappa shape index (κ3) is 4.27. The highest BCUT2D eigenvalue weighted by Crippen LogP contribution is 2.36. The predicted molar refractivity (Wildman–Crippen MR) is 107 cm³/mol. The van der Waals surface area contributed by atoms with E-state index < -0.39 is 11.8 Å². The van der Waals surface area contributed by atoms with E-state index in [0.717, 1.165) is 18.9 Å². The van der Waals surface area contributed by atoms with Gasteiger partial charge in [-0.1, -0.05) is 6.07 Å². The van der Waals surface area contributed by atoms with Gasteiger partial charge >= 0.3 is 0 Å². The number of pyridine rings is 1. The zero-order valence-corrected chi connectivity index (χ0v) is 16.6. The Hall–Kier alpha value is -3.42. The van der Waals surface area contributed by atoms with Gasteiger partial charge in [0.05, 0.1) is 17.6 Å². The van der Waals surface area contributed by atoms with Gasteiger partial charge in [0.15, 0.2) is 5.75 Å². The summed E-state index contributed by atoms with van der Waals surface area (Å²) in [5.74, 6) is -0.356. The summed E-state index contributed by atoms with van der Waals surface area (Å²) in [5, 5.41) is 2.78. The number of aromatic nitrogens is 3. The number of hydrogen-bond acceptors (Lipinski definition) is 5. The van der Waals surface area contributed by atoms with Gasteiger partial charge in [-0.15, -0.1) is 0 Å². The molecule has 0 unspecified atom stereocenters. The molecule has 2 aromatic heterocycles. The minimum atomic E-state index is -0.669. The van der Waals surface area contributed by atoms with Gasteiger partial charge in [-0.3, -0.25) is 4.79 Å². The lowest BCUT2D eigenvalue weighted by Gasteiger charge is -2.16. The predicted octanol–water partition coefficient (Wildman–Crippen LogP) is 4.36. The van der Waals surface area contributed by atoms with Gasteiger partial charge in [0.25, 0.3) is 0 Å². The summed E-state index contributed by atoms with van der Waals surface area (Å²) in [5.41, 5.74) is 1.75. The SMILES string of the molecule is Cc1ncc(OCc2ccc(NC(=O)C3CC3)c(-c3ccc(F)nc3)c2F)c(C)n1. The standard InChI is InChI=1S/C22H20F2N4O2/c1-12-18(10-25-13(2)27-12)30-11-16-5-7-17(28-22(29)14-3-4-14)20(21(16)24)15-6-8-19(23)26-9-15/h5-10,14H,3-4,11H2,1-2H3,(H,28,29). The molecule has 154 valence electrons. The number of nitrogens with zero attached hydrogens (tertiary/aromatic N) is 3. The zero-order valence-electron chi connectivity index (χ0n) is 16.6. The van der Waals surface area contributed by atoms with Crippen LogP contribution in [0.1, 0.15) is 29.9 Å². The minimum absolute atomic E-state index is 0.0419. The van der Waals surface area contributed by atoms with Gasteiger partial charge in [-0.25, -0.2) is 19.3 Å². The number of rotatable bonds is 6. The van der Waals surface area contributed by atoms with Crippen molar-refractivity contribution in [2.75, 3.05) is 5.32 Å². The second-order valence-electron chi connectivity index (χ2n) is 7.25. The Labute approximate surface area is 172 Å². The van der Waals surface area contributed by atoms with Crippen molar-refractivity contribution in [1.82, 2.24) is 15.0 Å². The molecule has 1 saturated carbocycles. The zero-order chi connectivity index (χ0) is 21.3. The number of amides is 1. The molecule has 6 nitrogen and oxygen atoms in total. The van der Waals surface area contributed by atoms with Crippen LogP contribution in [0.4, 0.5) is 14.5 Å². The first-order valence-corrected chi connectivity index (χ1v) is 9.59. The van der Waals surface area contributed by atoms with Gasteiger partial charge in [0.2, 0.25) is 11.9 Å². The molecule has 1 aliphatic rings. The molecule has 0 bridgehead atoms. The molecule has 1 aromatic carbocycles. The molecule has 0 atom stereocenters. The largest absolute Gasteiger partial charge is 0.485 e. The van der Waals surface area contributed by atoms with Crippen LogP contribution in [0, 0.1) is 31.5 Å². The lowest BCUT2D eigenvalue weighted by atomic mass is 10.0. The number of ether oxygens (including phenoxy) is 1. The Morgan fingerprint density at radius 2 is 1.93 bits per heavy atom. The third-order valence-corrected chi connectivity index (χ3v) is 4.88. The summed E-state index contributed by atoms with van der Waals surface area (Å²) in [6.45, 7) is 3.50. The molecule has 0 aliphatic heterocycles. The third-order valence-electron chi connectivity index (χ3n) is 4.88. The fourth-order valence-electron chi connectivity index (χ4n) is 3.09. The number of hydrogen-bond donors (Lipinski definition) is 1. The number of benzene rings is 1. The van der Waals surface area contributed by atoms with E-state index in [1.807, 2.05) is 0 Å². The Morgan fingerprint density at radius 1 is 1.13 bits per heavy atom. The first-order valence-electron chi connectivity index (χ1n) is 9.59. The van der Waals surface area contributed by atoms with E-state index in [-0.39, 0.29) is 29.6 Å². The molecule has 30 heavy (non-hydrogen) atoms. The van der Waals surface area contributed by atoms with Crippen molar-refractivity contribution < 1.29 is 18.3 Å². The summed E-state index contributed by atoms with van der Waals surface area (Å²) in [4.78, 5) is 24.2. The number of halogens is 2. The van der Waals surface area contributed by atoms with E-state index >= 15 is 4.39 Å². The molecule has 0 saturated heterocycles. The molecule has 2 heterocycles. The van der Waals surface area contributed by atoms with E-state index in [0.29, 0.717) is 28.5 Å². The number of nitrogens with one attached hydrogen (secondary N) is 1. The van der Waals surface area contributed by atoms with E-state index in [2.05, 4.69) is 20.3 Å². The van der Waals surface area contributed by atoms with Crippen molar-refractivity contribution in [3.05, 3.63) is 65.5 Å². The average molecular weight is 410 g/mol. The molecule has 1 N–H and O–H groups in total. The van der Waals surface area contributed by atoms with E-state index in [1.54, 1.807) is 32.2 Å². The number of carbonyl (C=O) groups is 1. The monoisotopic (exact) mass is 410 g/mol. The van der Waals surface area contributed by atoms with E-state index in [9.17, 15) is 9.18 Å². The normalized spacial score (nSPS) is 13.2. The van der Waals surface area contributed by atoms with Gasteiger partial charge < -0.3 is 10.1 Å². The van der Waals surface area contributed by atoms with Crippen LogP contribution in [0.15, 0.2) is 36.7 Å². The summed E-state index contributed by atoms with van der Waals surface area (Å²) >= 11 is 0. The second kappa shape index (κ2) is 8.14. The average Bonchev–Trinajstić information content (AvgIpc) is 3.55. The highest BCUT2D eigenvalue weighted by molar-refractivity contribution is 5.98. The molecule has 1 fully saturated rings. The summed E-state index contributed by atoms with van der Waals surface area (Å²) in [6.07, 6.45) is 4.44. The number of anilines is 1. The molecule has 0 spiro atoms. The van der Waals surface area contributed by atoms with Crippen molar-refractivity contribution in [3.63, 3.8) is 0 Å². The van der Waals surface area contributed by atoms with Crippen LogP contribution < -0.4 is 10.1 Å². The number of aryl methyl sites for hydroxylation is 2. The first-order chi connectivity index (χ1) is 14.4. The molecular formula is C22H20F2N4O2. The maximum Gasteiger partial charge on any atom is 0.227 e. The van der Waals surface area contributed by atoms with Gasteiger partial charge in [-0.2, -0.15) is 4.39 Å². The van der Waals surface area contributed by atoms with Gasteiger partial charge in [0, 0.05) is 28.8 Å². The second-order valence-corrected chi connectivity index (χ2v) is 7.25. The van der Waals surface area contributed by atoms with Gasteiger partial charge in [-0.05, 0) is 44.9 Å². The molecule has 3 aromatic rings. The Balaban J connectivity index is 1.66. The summed E-state index contributed by atoms with van der Waals surface area (Å²) < 4.78 is 34.5. The first kappa shape index (κ1) is 19.9. The molecule has 8 heteroatoms. The Kier molecular flexibility index (Phi) is 5.39.